The number of carbonyl (C=O) groups excluding carboxylic acids is 1. The Morgan fingerprint density at radius 2 is 2.47 bits per heavy atom. The van der Waals surface area contributed by atoms with Crippen molar-refractivity contribution < 1.29 is 9.53 Å². The quantitative estimate of drug-likeness (QED) is 0.598. The van der Waals surface area contributed by atoms with Gasteiger partial charge in [0.25, 0.3) is 0 Å². The van der Waals surface area contributed by atoms with Crippen molar-refractivity contribution in [1.29, 1.82) is 0 Å². The van der Waals surface area contributed by atoms with Crippen LogP contribution in [0, 0.1) is 0 Å². The predicted molar refractivity (Wildman–Crippen MR) is 65.7 cm³/mol. The van der Waals surface area contributed by atoms with Crippen LogP contribution in [0.25, 0.3) is 0 Å². The first-order valence-electron chi connectivity index (χ1n) is 5.64. The number of carbonyl (C=O) groups is 1. The second-order valence-electron chi connectivity index (χ2n) is 3.75. The molecule has 0 aliphatic carbocycles. The molecule has 17 heavy (non-hydrogen) atoms. The highest BCUT2D eigenvalue weighted by Gasteiger charge is 2.16. The van der Waals surface area contributed by atoms with Crippen molar-refractivity contribution in [2.75, 3.05) is 6.61 Å². The smallest absolute Gasteiger partial charge is 0.341 e. The third kappa shape index (κ3) is 3.42. The van der Waals surface area contributed by atoms with Gasteiger partial charge in [0.1, 0.15) is 5.56 Å². The minimum absolute atomic E-state index is 0.181. The van der Waals surface area contributed by atoms with Crippen LogP contribution >= 0.6 is 0 Å². The standard InChI is InChI=1S/C12H19N3O2/c1-5-9(3)13-8-11-10(7-14-15(11)4)12(16)17-6-2/h5,7,9,13H,1,6,8H2,2-4H3. The molecule has 0 saturated heterocycles. The summed E-state index contributed by atoms with van der Waals surface area (Å²) >= 11 is 0. The van der Waals surface area contributed by atoms with E-state index in [1.54, 1.807) is 24.7 Å². The summed E-state index contributed by atoms with van der Waals surface area (Å²) < 4.78 is 6.65. The fourth-order valence-corrected chi connectivity index (χ4v) is 1.39. The third-order valence-electron chi connectivity index (χ3n) is 2.50. The van der Waals surface area contributed by atoms with E-state index in [1.807, 2.05) is 6.92 Å². The predicted octanol–water partition coefficient (Wildman–Crippen LogP) is 1.26. The Hall–Kier alpha value is -1.62. The molecule has 94 valence electrons. The Kier molecular flexibility index (Phi) is 4.90. The van der Waals surface area contributed by atoms with Gasteiger partial charge in [0.15, 0.2) is 0 Å². The molecule has 0 aromatic carbocycles. The van der Waals surface area contributed by atoms with E-state index in [4.69, 9.17) is 4.74 Å². The molecular weight excluding hydrogens is 218 g/mol. The van der Waals surface area contributed by atoms with Crippen LogP contribution in [0.15, 0.2) is 18.9 Å². The Morgan fingerprint density at radius 3 is 3.06 bits per heavy atom. The van der Waals surface area contributed by atoms with E-state index in [9.17, 15) is 4.79 Å². The number of aryl methyl sites for hydroxylation is 1. The molecule has 1 atom stereocenters. The summed E-state index contributed by atoms with van der Waals surface area (Å²) in [5.41, 5.74) is 1.33. The fraction of sp³-hybridized carbons (Fsp3) is 0.500. The zero-order valence-corrected chi connectivity index (χ0v) is 10.6. The van der Waals surface area contributed by atoms with Crippen LogP contribution in [0.5, 0.6) is 0 Å². The van der Waals surface area contributed by atoms with Gasteiger partial charge in [0.2, 0.25) is 0 Å². The van der Waals surface area contributed by atoms with Crippen molar-refractivity contribution in [3.63, 3.8) is 0 Å². The number of nitrogens with zero attached hydrogens (tertiary/aromatic N) is 2. The van der Waals surface area contributed by atoms with Crippen LogP contribution in [-0.4, -0.2) is 28.4 Å². The van der Waals surface area contributed by atoms with E-state index in [-0.39, 0.29) is 12.0 Å². The first kappa shape index (κ1) is 13.4. The van der Waals surface area contributed by atoms with Crippen LogP contribution in [-0.2, 0) is 18.3 Å². The number of hydrogen-bond acceptors (Lipinski definition) is 4. The van der Waals surface area contributed by atoms with E-state index in [0.29, 0.717) is 18.7 Å². The van der Waals surface area contributed by atoms with Gasteiger partial charge in [-0.05, 0) is 13.8 Å². The summed E-state index contributed by atoms with van der Waals surface area (Å²) in [6, 6.07) is 0.181. The minimum Gasteiger partial charge on any atom is -0.462 e. The number of esters is 1. The lowest BCUT2D eigenvalue weighted by molar-refractivity contribution is 0.0524. The van der Waals surface area contributed by atoms with Gasteiger partial charge >= 0.3 is 5.97 Å². The van der Waals surface area contributed by atoms with Crippen LogP contribution in [0.4, 0.5) is 0 Å². The molecule has 1 aromatic rings. The van der Waals surface area contributed by atoms with E-state index in [1.165, 1.54) is 6.20 Å². The maximum absolute atomic E-state index is 11.7. The molecule has 0 radical (unpaired) electrons. The number of aromatic nitrogens is 2. The summed E-state index contributed by atoms with van der Waals surface area (Å²) in [5, 5.41) is 7.30. The van der Waals surface area contributed by atoms with Gasteiger partial charge in [-0.15, -0.1) is 6.58 Å². The Labute approximate surface area is 101 Å². The summed E-state index contributed by atoms with van der Waals surface area (Å²) in [6.07, 6.45) is 3.34. The molecule has 0 spiro atoms. The van der Waals surface area contributed by atoms with Gasteiger partial charge in [-0.3, -0.25) is 4.68 Å². The van der Waals surface area contributed by atoms with Crippen molar-refractivity contribution in [3.8, 4) is 0 Å². The average molecular weight is 237 g/mol. The normalized spacial score (nSPS) is 12.2. The molecule has 1 N–H and O–H groups in total. The fourth-order valence-electron chi connectivity index (χ4n) is 1.39. The van der Waals surface area contributed by atoms with Crippen LogP contribution in [0.1, 0.15) is 29.9 Å². The summed E-state index contributed by atoms with van der Waals surface area (Å²) in [7, 11) is 1.80. The topological polar surface area (TPSA) is 56.1 Å². The number of ether oxygens (including phenoxy) is 1. The van der Waals surface area contributed by atoms with E-state index in [2.05, 4.69) is 17.0 Å². The molecular formula is C12H19N3O2. The lowest BCUT2D eigenvalue weighted by atomic mass is 10.2. The number of hydrogen-bond donors (Lipinski definition) is 1. The zero-order chi connectivity index (χ0) is 12.8. The summed E-state index contributed by atoms with van der Waals surface area (Å²) in [4.78, 5) is 11.7. The molecule has 1 heterocycles. The highest BCUT2D eigenvalue weighted by Crippen LogP contribution is 2.09. The minimum atomic E-state index is -0.330. The van der Waals surface area contributed by atoms with Crippen molar-refractivity contribution in [1.82, 2.24) is 15.1 Å². The van der Waals surface area contributed by atoms with Gasteiger partial charge < -0.3 is 10.1 Å². The molecule has 0 amide bonds. The average Bonchev–Trinajstić information content (AvgIpc) is 2.68. The van der Waals surface area contributed by atoms with Crippen molar-refractivity contribution >= 4 is 5.97 Å². The third-order valence-corrected chi connectivity index (χ3v) is 2.50. The van der Waals surface area contributed by atoms with Crippen molar-refractivity contribution in [3.05, 3.63) is 30.1 Å². The maximum Gasteiger partial charge on any atom is 0.341 e. The van der Waals surface area contributed by atoms with Crippen molar-refractivity contribution in [2.24, 2.45) is 7.05 Å². The largest absolute Gasteiger partial charge is 0.462 e. The zero-order valence-electron chi connectivity index (χ0n) is 10.6. The van der Waals surface area contributed by atoms with Gasteiger partial charge in [-0.1, -0.05) is 6.08 Å². The lowest BCUT2D eigenvalue weighted by Gasteiger charge is -2.10. The molecule has 0 aliphatic heterocycles. The molecule has 0 aliphatic rings. The van der Waals surface area contributed by atoms with Crippen LogP contribution in [0.2, 0.25) is 0 Å². The van der Waals surface area contributed by atoms with Crippen molar-refractivity contribution in [2.45, 2.75) is 26.4 Å². The Bertz CT molecular complexity index is 398. The van der Waals surface area contributed by atoms with E-state index in [0.717, 1.165) is 5.69 Å². The Morgan fingerprint density at radius 1 is 1.76 bits per heavy atom. The first-order chi connectivity index (χ1) is 8.10. The molecule has 1 aromatic heterocycles. The van der Waals surface area contributed by atoms with Gasteiger partial charge in [-0.25, -0.2) is 4.79 Å². The molecule has 1 unspecified atom stereocenters. The molecule has 5 heteroatoms. The van der Waals surface area contributed by atoms with E-state index >= 15 is 0 Å². The SMILES string of the molecule is C=CC(C)NCc1c(C(=O)OCC)cnn1C. The second kappa shape index (κ2) is 6.20. The highest BCUT2D eigenvalue weighted by atomic mass is 16.5. The molecule has 5 nitrogen and oxygen atoms in total. The molecule has 0 fully saturated rings. The second-order valence-corrected chi connectivity index (χ2v) is 3.75. The number of rotatable bonds is 6. The Balaban J connectivity index is 2.79. The van der Waals surface area contributed by atoms with Gasteiger partial charge in [0, 0.05) is 19.6 Å². The first-order valence-corrected chi connectivity index (χ1v) is 5.64. The summed E-state index contributed by atoms with van der Waals surface area (Å²) in [6.45, 7) is 8.39. The molecule has 0 bridgehead atoms. The highest BCUT2D eigenvalue weighted by molar-refractivity contribution is 5.90. The molecule has 0 saturated carbocycles. The number of nitrogens with one attached hydrogen (secondary N) is 1. The monoisotopic (exact) mass is 237 g/mol. The van der Waals surface area contributed by atoms with E-state index < -0.39 is 0 Å². The van der Waals surface area contributed by atoms with Crippen LogP contribution in [0.3, 0.4) is 0 Å². The lowest BCUT2D eigenvalue weighted by Crippen LogP contribution is -2.25. The maximum atomic E-state index is 11.7. The molecule has 1 rings (SSSR count). The van der Waals surface area contributed by atoms with Crippen LogP contribution < -0.4 is 5.32 Å². The van der Waals surface area contributed by atoms with Gasteiger partial charge in [-0.2, -0.15) is 5.10 Å². The van der Waals surface area contributed by atoms with Gasteiger partial charge in [0.05, 0.1) is 18.5 Å². The summed E-state index contributed by atoms with van der Waals surface area (Å²) in [5.74, 6) is -0.330.